The molecule has 0 radical (unpaired) electrons. The van der Waals surface area contributed by atoms with E-state index < -0.39 is 0 Å². The van der Waals surface area contributed by atoms with Crippen LogP contribution in [0.2, 0.25) is 0 Å². The molecule has 4 rings (SSSR count). The Balaban J connectivity index is 1.68. The second kappa shape index (κ2) is 7.71. The largest absolute Gasteiger partial charge is 0.399 e. The van der Waals surface area contributed by atoms with E-state index in [-0.39, 0.29) is 11.5 Å². The number of rotatable bonds is 5. The number of aromatic nitrogens is 4. The lowest BCUT2D eigenvalue weighted by Crippen LogP contribution is -2.30. The maximum Gasteiger partial charge on any atom is 0.229 e. The Kier molecular flexibility index (Phi) is 4.96. The molecule has 0 bridgehead atoms. The van der Waals surface area contributed by atoms with Gasteiger partial charge in [0.1, 0.15) is 5.82 Å². The molecular formula is C19H23FN8. The molecular weight excluding hydrogens is 359 g/mol. The van der Waals surface area contributed by atoms with E-state index in [0.29, 0.717) is 17.5 Å². The highest BCUT2D eigenvalue weighted by Crippen LogP contribution is 2.31. The summed E-state index contributed by atoms with van der Waals surface area (Å²) in [6, 6.07) is 4.43. The van der Waals surface area contributed by atoms with Crippen molar-refractivity contribution in [3.8, 4) is 0 Å². The lowest BCUT2D eigenvalue weighted by molar-refractivity contribution is 0.577. The predicted octanol–water partition coefficient (Wildman–Crippen LogP) is 3.41. The number of hydrogen-bond donors (Lipinski definition) is 3. The molecule has 4 N–H and O–H groups in total. The van der Waals surface area contributed by atoms with E-state index in [9.17, 15) is 4.39 Å². The summed E-state index contributed by atoms with van der Waals surface area (Å²) in [6.07, 6.45) is 8.72. The third kappa shape index (κ3) is 3.98. The highest BCUT2D eigenvalue weighted by molar-refractivity contribution is 5.74. The van der Waals surface area contributed by atoms with Gasteiger partial charge in [-0.25, -0.2) is 9.37 Å². The van der Waals surface area contributed by atoms with E-state index in [0.717, 1.165) is 37.3 Å². The minimum atomic E-state index is -0.390. The first-order chi connectivity index (χ1) is 13.6. The first-order valence-corrected chi connectivity index (χ1v) is 9.28. The molecule has 0 amide bonds. The van der Waals surface area contributed by atoms with Gasteiger partial charge >= 0.3 is 0 Å². The number of hydrogen-bond acceptors (Lipinski definition) is 7. The summed E-state index contributed by atoms with van der Waals surface area (Å²) in [5.74, 6) is 0.549. The van der Waals surface area contributed by atoms with Gasteiger partial charge in [-0.2, -0.15) is 10.1 Å². The van der Waals surface area contributed by atoms with Crippen LogP contribution >= 0.6 is 0 Å². The van der Waals surface area contributed by atoms with E-state index in [2.05, 4.69) is 30.6 Å². The number of nitrogens with one attached hydrogen (secondary N) is 2. The Morgan fingerprint density at radius 3 is 2.68 bits per heavy atom. The Labute approximate surface area is 162 Å². The quantitative estimate of drug-likeness (QED) is 0.582. The summed E-state index contributed by atoms with van der Waals surface area (Å²) in [5.41, 5.74) is 8.20. The fourth-order valence-corrected chi connectivity index (χ4v) is 3.28. The number of halogens is 1. The smallest absolute Gasteiger partial charge is 0.229 e. The van der Waals surface area contributed by atoms with Crippen LogP contribution in [0.3, 0.4) is 0 Å². The summed E-state index contributed by atoms with van der Waals surface area (Å²) in [6.45, 7) is 1.85. The summed E-state index contributed by atoms with van der Waals surface area (Å²) < 4.78 is 16.0. The predicted molar refractivity (Wildman–Crippen MR) is 109 cm³/mol. The third-order valence-electron chi connectivity index (χ3n) is 4.67. The third-order valence-corrected chi connectivity index (χ3v) is 4.67. The fraction of sp³-hybridized carbons (Fsp3) is 0.316. The van der Waals surface area contributed by atoms with Crippen molar-refractivity contribution >= 4 is 34.5 Å². The van der Waals surface area contributed by atoms with Crippen molar-refractivity contribution in [2.45, 2.75) is 19.3 Å². The molecule has 0 saturated carbocycles. The zero-order valence-electron chi connectivity index (χ0n) is 15.7. The highest BCUT2D eigenvalue weighted by atomic mass is 19.1. The van der Waals surface area contributed by atoms with Gasteiger partial charge in [-0.3, -0.25) is 4.68 Å². The maximum atomic E-state index is 14.3. The zero-order chi connectivity index (χ0) is 19.5. The Morgan fingerprint density at radius 1 is 1.11 bits per heavy atom. The second-order valence-electron chi connectivity index (χ2n) is 6.87. The monoisotopic (exact) mass is 382 g/mol. The average molecular weight is 382 g/mol. The molecule has 1 aliphatic rings. The minimum absolute atomic E-state index is 0.282. The average Bonchev–Trinajstić information content (AvgIpc) is 3.10. The van der Waals surface area contributed by atoms with Gasteiger partial charge in [0.2, 0.25) is 5.95 Å². The number of benzene rings is 1. The van der Waals surface area contributed by atoms with E-state index in [1.165, 1.54) is 18.6 Å². The van der Waals surface area contributed by atoms with Crippen LogP contribution in [0, 0.1) is 5.82 Å². The molecule has 1 fully saturated rings. The summed E-state index contributed by atoms with van der Waals surface area (Å²) >= 11 is 0. The van der Waals surface area contributed by atoms with Crippen molar-refractivity contribution in [2.75, 3.05) is 34.4 Å². The number of nitrogens with two attached hydrogens (primary N) is 1. The van der Waals surface area contributed by atoms with E-state index in [1.807, 2.05) is 13.2 Å². The number of aryl methyl sites for hydroxylation is 1. The second-order valence-corrected chi connectivity index (χ2v) is 6.87. The van der Waals surface area contributed by atoms with E-state index in [4.69, 9.17) is 5.73 Å². The molecule has 146 valence electrons. The Hall–Kier alpha value is -3.36. The van der Waals surface area contributed by atoms with Gasteiger partial charge < -0.3 is 21.3 Å². The van der Waals surface area contributed by atoms with Crippen molar-refractivity contribution in [3.63, 3.8) is 0 Å². The lowest BCUT2D eigenvalue weighted by Gasteiger charge is -2.30. The molecule has 2 aromatic heterocycles. The van der Waals surface area contributed by atoms with Crippen molar-refractivity contribution in [3.05, 3.63) is 42.6 Å². The summed E-state index contributed by atoms with van der Waals surface area (Å²) in [4.78, 5) is 11.3. The highest BCUT2D eigenvalue weighted by Gasteiger charge is 2.18. The number of nitrogens with zero attached hydrogens (tertiary/aromatic N) is 5. The maximum absolute atomic E-state index is 14.3. The molecule has 0 aliphatic carbocycles. The normalized spacial score (nSPS) is 14.1. The van der Waals surface area contributed by atoms with Crippen LogP contribution in [0.4, 0.5) is 38.9 Å². The minimum Gasteiger partial charge on any atom is -0.399 e. The zero-order valence-corrected chi connectivity index (χ0v) is 15.7. The fourth-order valence-electron chi connectivity index (χ4n) is 3.28. The summed E-state index contributed by atoms with van der Waals surface area (Å²) in [7, 11) is 1.83. The van der Waals surface area contributed by atoms with Gasteiger partial charge in [0.05, 0.1) is 29.5 Å². The van der Waals surface area contributed by atoms with Crippen LogP contribution in [0.5, 0.6) is 0 Å². The molecule has 9 heteroatoms. The number of piperidine rings is 1. The van der Waals surface area contributed by atoms with Crippen molar-refractivity contribution in [1.29, 1.82) is 0 Å². The van der Waals surface area contributed by atoms with Crippen LogP contribution in [0.1, 0.15) is 19.3 Å². The molecule has 1 saturated heterocycles. The van der Waals surface area contributed by atoms with Crippen molar-refractivity contribution < 1.29 is 4.39 Å². The van der Waals surface area contributed by atoms with Crippen LogP contribution in [0.25, 0.3) is 0 Å². The first kappa shape index (κ1) is 18.0. The van der Waals surface area contributed by atoms with Crippen LogP contribution in [-0.2, 0) is 7.05 Å². The molecule has 8 nitrogen and oxygen atoms in total. The lowest BCUT2D eigenvalue weighted by atomic mass is 10.1. The van der Waals surface area contributed by atoms with Gasteiger partial charge in [-0.1, -0.05) is 0 Å². The van der Waals surface area contributed by atoms with E-state index >= 15 is 0 Å². The molecule has 0 unspecified atom stereocenters. The van der Waals surface area contributed by atoms with Gasteiger partial charge in [-0.05, 0) is 37.5 Å². The standard InChI is InChI=1S/C19H23FN8/c1-27-12-14(10-23-27)24-19-22-11-17(28-7-3-2-4-8-28)18(26-19)25-16-9-13(21)5-6-15(16)20/h5-6,9-12H,2-4,7-8,21H2,1H3,(H2,22,24,25,26). The first-order valence-electron chi connectivity index (χ1n) is 9.28. The van der Waals surface area contributed by atoms with Gasteiger partial charge in [0.25, 0.3) is 0 Å². The molecule has 3 heterocycles. The Morgan fingerprint density at radius 2 is 1.93 bits per heavy atom. The van der Waals surface area contributed by atoms with Gasteiger partial charge in [0.15, 0.2) is 5.82 Å². The van der Waals surface area contributed by atoms with Crippen LogP contribution < -0.4 is 21.3 Å². The number of anilines is 6. The van der Waals surface area contributed by atoms with Gasteiger partial charge in [0, 0.05) is 32.0 Å². The van der Waals surface area contributed by atoms with Crippen LogP contribution in [-0.4, -0.2) is 32.8 Å². The topological polar surface area (TPSA) is 96.9 Å². The Bertz CT molecular complexity index is 964. The molecule has 1 aliphatic heterocycles. The van der Waals surface area contributed by atoms with Crippen molar-refractivity contribution in [1.82, 2.24) is 19.7 Å². The molecule has 1 aromatic carbocycles. The molecule has 28 heavy (non-hydrogen) atoms. The van der Waals surface area contributed by atoms with E-state index in [1.54, 1.807) is 23.1 Å². The van der Waals surface area contributed by atoms with Crippen molar-refractivity contribution in [2.24, 2.45) is 7.05 Å². The molecule has 0 atom stereocenters. The molecule has 0 spiro atoms. The molecule has 3 aromatic rings. The number of nitrogen functional groups attached to an aromatic ring is 1. The van der Waals surface area contributed by atoms with Gasteiger partial charge in [-0.15, -0.1) is 0 Å². The van der Waals surface area contributed by atoms with Crippen LogP contribution in [0.15, 0.2) is 36.8 Å². The summed E-state index contributed by atoms with van der Waals surface area (Å²) in [5, 5.41) is 10.4. The SMILES string of the molecule is Cn1cc(Nc2ncc(N3CCCCC3)c(Nc3cc(N)ccc3F)n2)cn1.